The van der Waals surface area contributed by atoms with Crippen LogP contribution in [-0.2, 0) is 16.0 Å². The Kier molecular flexibility index (Phi) is 6.81. The molecule has 0 saturated carbocycles. The van der Waals surface area contributed by atoms with Crippen molar-refractivity contribution in [3.63, 3.8) is 0 Å². The van der Waals surface area contributed by atoms with Crippen molar-refractivity contribution in [2.24, 2.45) is 0 Å². The molecule has 0 fully saturated rings. The summed E-state index contributed by atoms with van der Waals surface area (Å²) in [5, 5.41) is 13.7. The molecule has 1 aliphatic rings. The average molecular weight is 468 g/mol. The molecule has 34 heavy (non-hydrogen) atoms. The molecular formula is C23H24N4O7. The van der Waals surface area contributed by atoms with Crippen LogP contribution in [-0.4, -0.2) is 51.9 Å². The highest BCUT2D eigenvalue weighted by molar-refractivity contribution is 5.92. The van der Waals surface area contributed by atoms with Crippen LogP contribution in [0.1, 0.15) is 46.4 Å². The number of hydrogen-bond acceptors (Lipinski definition) is 8. The number of aromatic hydroxyl groups is 1. The molecule has 0 radical (unpaired) electrons. The minimum absolute atomic E-state index is 0.0573. The molecule has 2 aromatic heterocycles. The number of ether oxygens (including phenoxy) is 3. The van der Waals surface area contributed by atoms with Crippen molar-refractivity contribution in [1.29, 1.82) is 0 Å². The van der Waals surface area contributed by atoms with Crippen LogP contribution in [0.5, 0.6) is 17.2 Å². The number of hydrogen-bond donors (Lipinski definition) is 4. The van der Waals surface area contributed by atoms with E-state index in [1.807, 2.05) is 0 Å². The second kappa shape index (κ2) is 10.1. The number of esters is 1. The quantitative estimate of drug-likeness (QED) is 0.345. The van der Waals surface area contributed by atoms with E-state index in [1.165, 1.54) is 0 Å². The van der Waals surface area contributed by atoms with Crippen LogP contribution in [0.25, 0.3) is 0 Å². The molecule has 0 bridgehead atoms. The molecule has 4 rings (SSSR count). The Morgan fingerprint density at radius 1 is 1.26 bits per heavy atom. The Morgan fingerprint density at radius 3 is 2.85 bits per heavy atom. The normalized spacial score (nSPS) is 12.9. The van der Waals surface area contributed by atoms with E-state index in [4.69, 9.17) is 14.2 Å². The van der Waals surface area contributed by atoms with Gasteiger partial charge in [-0.2, -0.15) is 0 Å². The van der Waals surface area contributed by atoms with Crippen molar-refractivity contribution >= 4 is 11.9 Å². The molecule has 4 N–H and O–H groups in total. The number of benzene rings is 1. The second-order valence-electron chi connectivity index (χ2n) is 7.56. The van der Waals surface area contributed by atoms with Crippen molar-refractivity contribution in [2.45, 2.75) is 25.7 Å². The van der Waals surface area contributed by atoms with Crippen molar-refractivity contribution in [3.8, 4) is 17.2 Å². The molecule has 11 nitrogen and oxygen atoms in total. The van der Waals surface area contributed by atoms with Gasteiger partial charge in [0, 0.05) is 43.4 Å². The number of rotatable bonds is 9. The molecule has 1 aliphatic heterocycles. The van der Waals surface area contributed by atoms with Gasteiger partial charge >= 0.3 is 5.97 Å². The average Bonchev–Trinajstić information content (AvgIpc) is 3.50. The monoisotopic (exact) mass is 468 g/mol. The van der Waals surface area contributed by atoms with E-state index in [0.29, 0.717) is 30.0 Å². The summed E-state index contributed by atoms with van der Waals surface area (Å²) in [4.78, 5) is 47.3. The zero-order valence-corrected chi connectivity index (χ0v) is 18.4. The van der Waals surface area contributed by atoms with Crippen molar-refractivity contribution < 1.29 is 28.9 Å². The second-order valence-corrected chi connectivity index (χ2v) is 7.56. The molecule has 3 aromatic rings. The number of carbonyl (C=O) groups is 2. The molecule has 0 spiro atoms. The maximum Gasteiger partial charge on any atom is 0.343 e. The van der Waals surface area contributed by atoms with Crippen LogP contribution in [0.15, 0.2) is 41.7 Å². The number of aromatic amines is 2. The zero-order valence-electron chi connectivity index (χ0n) is 18.4. The van der Waals surface area contributed by atoms with Crippen LogP contribution < -0.4 is 20.3 Å². The maximum absolute atomic E-state index is 12.8. The largest absolute Gasteiger partial charge is 0.506 e. The number of nitrogens with one attached hydrogen (secondary N) is 3. The number of fused-ring (bicyclic) bond motifs is 1. The van der Waals surface area contributed by atoms with Gasteiger partial charge in [0.1, 0.15) is 11.3 Å². The predicted octanol–water partition coefficient (Wildman–Crippen LogP) is 1.59. The summed E-state index contributed by atoms with van der Waals surface area (Å²) in [6, 6.07) is 5.01. The Labute approximate surface area is 194 Å². The SMILES string of the molecule is CCOC(=O)c1c[nH]c(=O)c([C@@H](CC(=O)NCCc2cnc[nH]2)c2ccc3c(c2)OCO3)c1O. The molecule has 1 atom stereocenters. The summed E-state index contributed by atoms with van der Waals surface area (Å²) in [7, 11) is 0. The van der Waals surface area contributed by atoms with Gasteiger partial charge in [-0.25, -0.2) is 9.78 Å². The van der Waals surface area contributed by atoms with Gasteiger partial charge in [0.2, 0.25) is 12.7 Å². The fourth-order valence-corrected chi connectivity index (χ4v) is 3.76. The highest BCUT2D eigenvalue weighted by Gasteiger charge is 2.29. The molecule has 0 aliphatic carbocycles. The van der Waals surface area contributed by atoms with Gasteiger partial charge < -0.3 is 34.6 Å². The summed E-state index contributed by atoms with van der Waals surface area (Å²) in [5.41, 5.74) is 0.465. The summed E-state index contributed by atoms with van der Waals surface area (Å²) in [6.45, 7) is 2.13. The molecule has 178 valence electrons. The highest BCUT2D eigenvalue weighted by atomic mass is 16.7. The number of imidazole rings is 1. The fraction of sp³-hybridized carbons (Fsp3) is 0.304. The third kappa shape index (κ3) is 4.87. The first-order chi connectivity index (χ1) is 16.5. The van der Waals surface area contributed by atoms with Gasteiger partial charge in [-0.05, 0) is 24.6 Å². The van der Waals surface area contributed by atoms with Crippen molar-refractivity contribution in [2.75, 3.05) is 19.9 Å². The highest BCUT2D eigenvalue weighted by Crippen LogP contribution is 2.39. The Hall–Kier alpha value is -4.28. The Bertz CT molecular complexity index is 1240. The topological polar surface area (TPSA) is 156 Å². The van der Waals surface area contributed by atoms with Gasteiger partial charge in [0.15, 0.2) is 11.5 Å². The molecule has 0 saturated heterocycles. The molecule has 0 unspecified atom stereocenters. The van der Waals surface area contributed by atoms with Gasteiger partial charge in [-0.3, -0.25) is 9.59 Å². The number of pyridine rings is 1. The van der Waals surface area contributed by atoms with Crippen LogP contribution in [0, 0.1) is 0 Å². The van der Waals surface area contributed by atoms with Crippen molar-refractivity contribution in [1.82, 2.24) is 20.3 Å². The van der Waals surface area contributed by atoms with Gasteiger partial charge in [-0.1, -0.05) is 6.07 Å². The molecule has 1 amide bonds. The third-order valence-electron chi connectivity index (χ3n) is 5.41. The first kappa shape index (κ1) is 22.9. The molecular weight excluding hydrogens is 444 g/mol. The summed E-state index contributed by atoms with van der Waals surface area (Å²) < 4.78 is 15.8. The van der Waals surface area contributed by atoms with E-state index < -0.39 is 23.2 Å². The Balaban J connectivity index is 1.65. The van der Waals surface area contributed by atoms with E-state index in [-0.39, 0.29) is 36.9 Å². The molecule has 1 aromatic carbocycles. The zero-order chi connectivity index (χ0) is 24.1. The van der Waals surface area contributed by atoms with Gasteiger partial charge in [0.05, 0.1) is 18.5 Å². The van der Waals surface area contributed by atoms with Crippen molar-refractivity contribution in [3.05, 3.63) is 69.7 Å². The minimum atomic E-state index is -0.875. The number of aromatic nitrogens is 3. The lowest BCUT2D eigenvalue weighted by Gasteiger charge is -2.19. The molecule has 11 heteroatoms. The number of amides is 1. The smallest absolute Gasteiger partial charge is 0.343 e. The summed E-state index contributed by atoms with van der Waals surface area (Å²) in [5.74, 6) is -1.55. The van der Waals surface area contributed by atoms with E-state index in [1.54, 1.807) is 37.6 Å². The van der Waals surface area contributed by atoms with Crippen LogP contribution >= 0.6 is 0 Å². The lowest BCUT2D eigenvalue weighted by Crippen LogP contribution is -2.29. The molecule has 3 heterocycles. The fourth-order valence-electron chi connectivity index (χ4n) is 3.76. The number of carbonyl (C=O) groups excluding carboxylic acids is 2. The number of H-pyrrole nitrogens is 2. The maximum atomic E-state index is 12.8. The van der Waals surface area contributed by atoms with Crippen LogP contribution in [0.4, 0.5) is 0 Å². The summed E-state index contributed by atoms with van der Waals surface area (Å²) in [6.07, 6.45) is 4.70. The third-order valence-corrected chi connectivity index (χ3v) is 5.41. The van der Waals surface area contributed by atoms with Crippen LogP contribution in [0.3, 0.4) is 0 Å². The van der Waals surface area contributed by atoms with E-state index in [9.17, 15) is 19.5 Å². The number of nitrogens with zero attached hydrogens (tertiary/aromatic N) is 1. The minimum Gasteiger partial charge on any atom is -0.506 e. The van der Waals surface area contributed by atoms with Gasteiger partial charge in [-0.15, -0.1) is 0 Å². The lowest BCUT2D eigenvalue weighted by atomic mass is 9.87. The first-order valence-corrected chi connectivity index (χ1v) is 10.7. The first-order valence-electron chi connectivity index (χ1n) is 10.7. The van der Waals surface area contributed by atoms with Crippen LogP contribution in [0.2, 0.25) is 0 Å². The van der Waals surface area contributed by atoms with E-state index >= 15 is 0 Å². The standard InChI is InChI=1S/C23H24N4O7/c1-2-32-23(31)16-10-26-22(30)20(21(16)29)15(13-3-4-17-18(7-13)34-12-33-17)8-19(28)25-6-5-14-9-24-11-27-14/h3-4,7,9-11,15H,2,5-6,8,12H2,1H3,(H,24,27)(H,25,28)(H2,26,29,30)/t15-/m0/s1. The Morgan fingerprint density at radius 2 is 2.09 bits per heavy atom. The lowest BCUT2D eigenvalue weighted by molar-refractivity contribution is -0.121. The van der Waals surface area contributed by atoms with E-state index in [2.05, 4.69) is 20.3 Å². The predicted molar refractivity (Wildman–Crippen MR) is 119 cm³/mol. The summed E-state index contributed by atoms with van der Waals surface area (Å²) >= 11 is 0. The van der Waals surface area contributed by atoms with E-state index in [0.717, 1.165) is 11.9 Å². The van der Waals surface area contributed by atoms with Gasteiger partial charge in [0.25, 0.3) is 5.56 Å².